The standard InChI is InChI=1S/C21H18IN3O6/c1-3-6-29-20-15(22)7-13(8-18(20)28-2)10-24-25-19(26)11-23-21(27)14-4-5-16-17(9-14)31-12-30-16/h1,4-5,7-10H,6,11-12H2,2H3,(H,23,27)(H,25,26)/b24-10+. The highest BCUT2D eigenvalue weighted by molar-refractivity contribution is 14.1. The zero-order chi connectivity index (χ0) is 22.2. The van der Waals surface area contributed by atoms with Crippen LogP contribution in [0.25, 0.3) is 0 Å². The topological polar surface area (TPSA) is 107 Å². The van der Waals surface area contributed by atoms with Gasteiger partial charge >= 0.3 is 0 Å². The predicted octanol–water partition coefficient (Wildman–Crippen LogP) is 1.92. The van der Waals surface area contributed by atoms with Crippen LogP contribution in [0.15, 0.2) is 35.4 Å². The number of carbonyl (C=O) groups excluding carboxylic acids is 2. The van der Waals surface area contributed by atoms with Crippen molar-refractivity contribution in [2.45, 2.75) is 0 Å². The fourth-order valence-corrected chi connectivity index (χ4v) is 3.37. The van der Waals surface area contributed by atoms with Crippen LogP contribution in [0, 0.1) is 15.9 Å². The molecular formula is C21H18IN3O6. The molecule has 2 aromatic rings. The molecule has 0 spiro atoms. The molecule has 0 saturated heterocycles. The summed E-state index contributed by atoms with van der Waals surface area (Å²) >= 11 is 2.09. The van der Waals surface area contributed by atoms with Crippen LogP contribution in [0.5, 0.6) is 23.0 Å². The Bertz CT molecular complexity index is 1060. The number of amides is 2. The van der Waals surface area contributed by atoms with Gasteiger partial charge in [-0.3, -0.25) is 9.59 Å². The smallest absolute Gasteiger partial charge is 0.259 e. The van der Waals surface area contributed by atoms with Crippen LogP contribution < -0.4 is 29.7 Å². The van der Waals surface area contributed by atoms with Crippen molar-refractivity contribution in [3.8, 4) is 35.3 Å². The summed E-state index contributed by atoms with van der Waals surface area (Å²) in [7, 11) is 1.51. The van der Waals surface area contributed by atoms with Crippen LogP contribution in [0.4, 0.5) is 0 Å². The van der Waals surface area contributed by atoms with Gasteiger partial charge in [0, 0.05) is 5.56 Å². The number of fused-ring (bicyclic) bond motifs is 1. The quantitative estimate of drug-likeness (QED) is 0.232. The lowest BCUT2D eigenvalue weighted by Gasteiger charge is -2.11. The highest BCUT2D eigenvalue weighted by Crippen LogP contribution is 2.34. The molecule has 0 unspecified atom stereocenters. The Morgan fingerprint density at radius 2 is 2.10 bits per heavy atom. The predicted molar refractivity (Wildman–Crippen MR) is 121 cm³/mol. The number of terminal acetylenes is 1. The maximum atomic E-state index is 12.2. The van der Waals surface area contributed by atoms with E-state index in [9.17, 15) is 9.59 Å². The second kappa shape index (κ2) is 10.5. The van der Waals surface area contributed by atoms with Gasteiger partial charge in [0.05, 0.1) is 23.4 Å². The summed E-state index contributed by atoms with van der Waals surface area (Å²) in [6.07, 6.45) is 6.67. The van der Waals surface area contributed by atoms with Gasteiger partial charge in [0.15, 0.2) is 23.0 Å². The summed E-state index contributed by atoms with van der Waals surface area (Å²) in [6.45, 7) is -0.00935. The van der Waals surface area contributed by atoms with Crippen molar-refractivity contribution in [2.75, 3.05) is 27.1 Å². The minimum atomic E-state index is -0.485. The zero-order valence-electron chi connectivity index (χ0n) is 16.4. The monoisotopic (exact) mass is 535 g/mol. The van der Waals surface area contributed by atoms with Gasteiger partial charge in [-0.1, -0.05) is 5.92 Å². The summed E-state index contributed by atoms with van der Waals surface area (Å²) in [5, 5.41) is 6.42. The van der Waals surface area contributed by atoms with E-state index >= 15 is 0 Å². The lowest BCUT2D eigenvalue weighted by molar-refractivity contribution is -0.120. The van der Waals surface area contributed by atoms with E-state index in [0.29, 0.717) is 34.1 Å². The number of nitrogens with one attached hydrogen (secondary N) is 2. The van der Waals surface area contributed by atoms with Crippen LogP contribution in [-0.4, -0.2) is 45.1 Å². The molecule has 0 fully saturated rings. The van der Waals surface area contributed by atoms with E-state index in [0.717, 1.165) is 3.57 Å². The van der Waals surface area contributed by atoms with Crippen LogP contribution in [0.2, 0.25) is 0 Å². The van der Waals surface area contributed by atoms with Crippen molar-refractivity contribution in [1.29, 1.82) is 0 Å². The number of hydrogen-bond acceptors (Lipinski definition) is 7. The molecule has 2 N–H and O–H groups in total. The molecule has 0 bridgehead atoms. The Morgan fingerprint density at radius 3 is 2.87 bits per heavy atom. The Morgan fingerprint density at radius 1 is 1.29 bits per heavy atom. The number of ether oxygens (including phenoxy) is 4. The number of nitrogens with zero attached hydrogens (tertiary/aromatic N) is 1. The Labute approximate surface area is 192 Å². The molecule has 3 rings (SSSR count). The van der Waals surface area contributed by atoms with E-state index < -0.39 is 11.8 Å². The molecule has 9 nitrogen and oxygen atoms in total. The van der Waals surface area contributed by atoms with Crippen molar-refractivity contribution in [3.63, 3.8) is 0 Å². The summed E-state index contributed by atoms with van der Waals surface area (Å²) in [5.74, 6) is 3.59. The van der Waals surface area contributed by atoms with Gasteiger partial charge in [0.1, 0.15) is 6.61 Å². The molecule has 2 amide bonds. The molecule has 0 radical (unpaired) electrons. The van der Waals surface area contributed by atoms with Gasteiger partial charge in [0.2, 0.25) is 6.79 Å². The average Bonchev–Trinajstić information content (AvgIpc) is 3.24. The molecule has 2 aromatic carbocycles. The summed E-state index contributed by atoms with van der Waals surface area (Å²) in [4.78, 5) is 24.2. The number of carbonyl (C=O) groups is 2. The van der Waals surface area contributed by atoms with E-state index in [1.54, 1.807) is 30.3 Å². The van der Waals surface area contributed by atoms with Gasteiger partial charge in [-0.15, -0.1) is 6.42 Å². The number of hydrogen-bond donors (Lipinski definition) is 2. The summed E-state index contributed by atoms with van der Waals surface area (Å²) in [6, 6.07) is 8.28. The number of halogens is 1. The minimum Gasteiger partial charge on any atom is -0.493 e. The SMILES string of the molecule is C#CCOc1c(I)cc(/C=N/NC(=O)CNC(=O)c2ccc3c(c2)OCO3)cc1OC. The van der Waals surface area contributed by atoms with E-state index in [1.807, 2.05) is 0 Å². The Hall–Kier alpha value is -3.46. The second-order valence-electron chi connectivity index (χ2n) is 6.07. The van der Waals surface area contributed by atoms with Gasteiger partial charge < -0.3 is 24.3 Å². The summed E-state index contributed by atoms with van der Waals surface area (Å²) < 4.78 is 22.0. The third-order valence-corrected chi connectivity index (χ3v) is 4.80. The second-order valence-corrected chi connectivity index (χ2v) is 7.23. The van der Waals surface area contributed by atoms with Crippen molar-refractivity contribution < 1.29 is 28.5 Å². The molecule has 0 atom stereocenters. The van der Waals surface area contributed by atoms with Crippen LogP contribution in [0.1, 0.15) is 15.9 Å². The van der Waals surface area contributed by atoms with Gasteiger partial charge in [-0.05, 0) is 58.5 Å². The molecule has 1 aliphatic rings. The fourth-order valence-electron chi connectivity index (χ4n) is 2.59. The van der Waals surface area contributed by atoms with Gasteiger partial charge in [-0.2, -0.15) is 5.10 Å². The molecule has 10 heteroatoms. The Balaban J connectivity index is 1.53. The number of hydrazone groups is 1. The molecule has 160 valence electrons. The normalized spacial score (nSPS) is 11.6. The molecule has 0 aromatic heterocycles. The third kappa shape index (κ3) is 5.79. The largest absolute Gasteiger partial charge is 0.493 e. The Kier molecular flexibility index (Phi) is 7.55. The maximum Gasteiger partial charge on any atom is 0.259 e. The molecular weight excluding hydrogens is 517 g/mol. The first-order valence-electron chi connectivity index (χ1n) is 8.95. The molecule has 0 aliphatic carbocycles. The van der Waals surface area contributed by atoms with Crippen LogP contribution in [-0.2, 0) is 4.79 Å². The van der Waals surface area contributed by atoms with Crippen molar-refractivity contribution in [3.05, 3.63) is 45.0 Å². The van der Waals surface area contributed by atoms with E-state index in [4.69, 9.17) is 25.4 Å². The first-order valence-corrected chi connectivity index (χ1v) is 10.0. The molecule has 1 aliphatic heterocycles. The van der Waals surface area contributed by atoms with Crippen molar-refractivity contribution >= 4 is 40.6 Å². The molecule has 0 saturated carbocycles. The highest BCUT2D eigenvalue weighted by Gasteiger charge is 2.16. The van der Waals surface area contributed by atoms with Gasteiger partial charge in [-0.25, -0.2) is 5.43 Å². The van der Waals surface area contributed by atoms with E-state index in [2.05, 4.69) is 44.4 Å². The first-order chi connectivity index (χ1) is 15.0. The van der Waals surface area contributed by atoms with Crippen LogP contribution >= 0.6 is 22.6 Å². The van der Waals surface area contributed by atoms with Crippen LogP contribution in [0.3, 0.4) is 0 Å². The fraction of sp³-hybridized carbons (Fsp3) is 0.190. The third-order valence-electron chi connectivity index (χ3n) is 4.00. The maximum absolute atomic E-state index is 12.2. The highest BCUT2D eigenvalue weighted by atomic mass is 127. The minimum absolute atomic E-state index is 0.117. The van der Waals surface area contributed by atoms with Gasteiger partial charge in [0.25, 0.3) is 11.8 Å². The molecule has 1 heterocycles. The first kappa shape index (κ1) is 22.2. The molecule has 31 heavy (non-hydrogen) atoms. The lowest BCUT2D eigenvalue weighted by atomic mass is 10.2. The van der Waals surface area contributed by atoms with E-state index in [-0.39, 0.29) is 19.9 Å². The van der Waals surface area contributed by atoms with E-state index in [1.165, 1.54) is 13.3 Å². The lowest BCUT2D eigenvalue weighted by Crippen LogP contribution is -2.34. The zero-order valence-corrected chi connectivity index (χ0v) is 18.6. The number of benzene rings is 2. The van der Waals surface area contributed by atoms with Crippen molar-refractivity contribution in [1.82, 2.24) is 10.7 Å². The number of rotatable bonds is 8. The number of methoxy groups -OCH3 is 1. The van der Waals surface area contributed by atoms with Crippen molar-refractivity contribution in [2.24, 2.45) is 5.10 Å². The average molecular weight is 535 g/mol. The summed E-state index contributed by atoms with van der Waals surface area (Å²) in [5.41, 5.74) is 3.39.